The van der Waals surface area contributed by atoms with Crippen molar-refractivity contribution in [2.24, 2.45) is 0 Å². The number of hydrogen-bond acceptors (Lipinski definition) is 0. The molecule has 1 heteroatoms. The Hall–Kier alpha value is -2.60. The van der Waals surface area contributed by atoms with Crippen molar-refractivity contribution in [1.82, 2.24) is 0 Å². The van der Waals surface area contributed by atoms with Gasteiger partial charge in [0, 0.05) is 0 Å². The summed E-state index contributed by atoms with van der Waals surface area (Å²) < 4.78 is 1.40. The van der Waals surface area contributed by atoms with Crippen LogP contribution in [0.4, 0.5) is 0 Å². The van der Waals surface area contributed by atoms with Gasteiger partial charge in [0.2, 0.25) is 0 Å². The number of hydrogen-bond donors (Lipinski definition) is 0. The maximum atomic E-state index is 2.37. The quantitative estimate of drug-likeness (QED) is 0.417. The first-order chi connectivity index (χ1) is 13.4. The SMILES string of the molecule is c1ccc([Se]C23c4ccccc4C(c4ccccc42)c2ccccc23)cc1. The van der Waals surface area contributed by atoms with Crippen LogP contribution in [-0.4, -0.2) is 15.0 Å². The van der Waals surface area contributed by atoms with E-state index in [4.69, 9.17) is 0 Å². The normalized spacial score (nSPS) is 21.3. The molecule has 0 amide bonds. The van der Waals surface area contributed by atoms with E-state index in [0.717, 1.165) is 0 Å². The van der Waals surface area contributed by atoms with Gasteiger partial charge in [-0.3, -0.25) is 0 Å². The van der Waals surface area contributed by atoms with Crippen LogP contribution in [0.2, 0.25) is 0 Å². The van der Waals surface area contributed by atoms with E-state index in [1.807, 2.05) is 0 Å². The van der Waals surface area contributed by atoms with E-state index < -0.39 is 0 Å². The fourth-order valence-electron chi connectivity index (χ4n) is 4.98. The average molecular weight is 409 g/mol. The van der Waals surface area contributed by atoms with Gasteiger partial charge in [0.25, 0.3) is 0 Å². The van der Waals surface area contributed by atoms with Crippen LogP contribution >= 0.6 is 0 Å². The van der Waals surface area contributed by atoms with Gasteiger partial charge in [-0.2, -0.15) is 0 Å². The summed E-state index contributed by atoms with van der Waals surface area (Å²) in [5.41, 5.74) is 9.01. The van der Waals surface area contributed by atoms with E-state index in [1.54, 1.807) is 0 Å². The zero-order valence-corrected chi connectivity index (χ0v) is 16.5. The Balaban J connectivity index is 1.75. The fourth-order valence-corrected chi connectivity index (χ4v) is 8.20. The topological polar surface area (TPSA) is 0 Å². The van der Waals surface area contributed by atoms with Crippen LogP contribution in [0.15, 0.2) is 103 Å². The molecular formula is C26H18Se. The molecule has 0 nitrogen and oxygen atoms in total. The predicted octanol–water partition coefficient (Wildman–Crippen LogP) is 4.82. The number of benzene rings is 4. The van der Waals surface area contributed by atoms with E-state index in [0.29, 0.717) is 5.92 Å². The zero-order chi connectivity index (χ0) is 17.8. The molecule has 7 rings (SSSR count). The average Bonchev–Trinajstić information content (AvgIpc) is 2.75. The second-order valence-corrected chi connectivity index (χ2v) is 9.99. The fraction of sp³-hybridized carbons (Fsp3) is 0.0769. The summed E-state index contributed by atoms with van der Waals surface area (Å²) in [7, 11) is 0. The standard InChI is InChI=1S/C26H18Se/c1-2-10-18(11-3-1)27-26-22-15-7-4-12-19(22)25(20-13-5-8-16-23(20)26)21-14-6-9-17-24(21)26/h1-17,25H. The summed E-state index contributed by atoms with van der Waals surface area (Å²) in [6, 6.07) is 38.5. The van der Waals surface area contributed by atoms with Crippen LogP contribution in [0, 0.1) is 0 Å². The van der Waals surface area contributed by atoms with Crippen LogP contribution in [0.25, 0.3) is 0 Å². The van der Waals surface area contributed by atoms with E-state index >= 15 is 0 Å². The summed E-state index contributed by atoms with van der Waals surface area (Å²) >= 11 is 0.252. The first-order valence-corrected chi connectivity index (χ1v) is 11.1. The molecule has 3 aliphatic carbocycles. The van der Waals surface area contributed by atoms with Crippen molar-refractivity contribution < 1.29 is 0 Å². The van der Waals surface area contributed by atoms with Crippen LogP contribution < -0.4 is 4.46 Å². The second kappa shape index (κ2) is 5.70. The summed E-state index contributed by atoms with van der Waals surface area (Å²) in [6.07, 6.45) is 0. The van der Waals surface area contributed by atoms with Crippen molar-refractivity contribution in [3.05, 3.63) is 137 Å². The molecule has 0 unspecified atom stereocenters. The molecule has 2 bridgehead atoms. The predicted molar refractivity (Wildman–Crippen MR) is 112 cm³/mol. The van der Waals surface area contributed by atoms with Gasteiger partial charge in [-0.15, -0.1) is 0 Å². The molecule has 0 fully saturated rings. The molecule has 3 aliphatic rings. The van der Waals surface area contributed by atoms with Crippen molar-refractivity contribution in [3.63, 3.8) is 0 Å². The summed E-state index contributed by atoms with van der Waals surface area (Å²) in [5.74, 6) is 0.363. The minimum absolute atomic E-state index is 0.0487. The molecular weight excluding hydrogens is 391 g/mol. The Morgan fingerprint density at radius 3 is 1.37 bits per heavy atom. The Labute approximate surface area is 166 Å². The molecule has 0 spiro atoms. The minimum atomic E-state index is -0.0487. The van der Waals surface area contributed by atoms with Crippen molar-refractivity contribution in [3.8, 4) is 0 Å². The van der Waals surface area contributed by atoms with Crippen molar-refractivity contribution in [2.75, 3.05) is 0 Å². The Morgan fingerprint density at radius 2 is 0.889 bits per heavy atom. The van der Waals surface area contributed by atoms with Gasteiger partial charge in [0.15, 0.2) is 0 Å². The maximum absolute atomic E-state index is 2.37. The molecule has 0 aliphatic heterocycles. The van der Waals surface area contributed by atoms with E-state index in [1.165, 1.54) is 37.8 Å². The zero-order valence-electron chi connectivity index (χ0n) is 14.8. The molecule has 4 aromatic rings. The molecule has 4 aromatic carbocycles. The van der Waals surface area contributed by atoms with Gasteiger partial charge in [0.1, 0.15) is 0 Å². The van der Waals surface area contributed by atoms with E-state index in [-0.39, 0.29) is 19.3 Å². The number of rotatable bonds is 2. The van der Waals surface area contributed by atoms with Crippen molar-refractivity contribution in [1.29, 1.82) is 0 Å². The van der Waals surface area contributed by atoms with Crippen LogP contribution in [-0.2, 0) is 4.31 Å². The van der Waals surface area contributed by atoms with Gasteiger partial charge in [-0.05, 0) is 0 Å². The molecule has 27 heavy (non-hydrogen) atoms. The Morgan fingerprint density at radius 1 is 0.481 bits per heavy atom. The molecule has 0 atom stereocenters. The molecule has 0 saturated carbocycles. The summed E-state index contributed by atoms with van der Waals surface area (Å²) in [5, 5.41) is 0. The van der Waals surface area contributed by atoms with Crippen molar-refractivity contribution in [2.45, 2.75) is 10.2 Å². The van der Waals surface area contributed by atoms with Crippen LogP contribution in [0.5, 0.6) is 0 Å². The third-order valence-electron chi connectivity index (χ3n) is 5.97. The Bertz CT molecular complexity index is 1040. The van der Waals surface area contributed by atoms with Crippen LogP contribution in [0.3, 0.4) is 0 Å². The molecule has 0 saturated heterocycles. The first kappa shape index (κ1) is 15.5. The summed E-state index contributed by atoms with van der Waals surface area (Å²) in [6.45, 7) is 0. The second-order valence-electron chi connectivity index (χ2n) is 7.29. The van der Waals surface area contributed by atoms with E-state index in [2.05, 4.69) is 103 Å². The van der Waals surface area contributed by atoms with E-state index in [9.17, 15) is 0 Å². The molecule has 128 valence electrons. The molecule has 0 N–H and O–H groups in total. The third-order valence-corrected chi connectivity index (χ3v) is 9.06. The van der Waals surface area contributed by atoms with Gasteiger partial charge < -0.3 is 0 Å². The molecule has 0 heterocycles. The molecule has 0 radical (unpaired) electrons. The van der Waals surface area contributed by atoms with Gasteiger partial charge in [0.05, 0.1) is 0 Å². The summed E-state index contributed by atoms with van der Waals surface area (Å²) in [4.78, 5) is 0. The van der Waals surface area contributed by atoms with Gasteiger partial charge in [-0.25, -0.2) is 0 Å². The Kier molecular flexibility index (Phi) is 3.26. The van der Waals surface area contributed by atoms with Gasteiger partial charge in [-0.1, -0.05) is 0 Å². The van der Waals surface area contributed by atoms with Crippen LogP contribution in [0.1, 0.15) is 39.3 Å². The monoisotopic (exact) mass is 410 g/mol. The third kappa shape index (κ3) is 1.99. The van der Waals surface area contributed by atoms with Crippen molar-refractivity contribution >= 4 is 19.4 Å². The van der Waals surface area contributed by atoms with Gasteiger partial charge >= 0.3 is 166 Å². The first-order valence-electron chi connectivity index (χ1n) is 9.42. The molecule has 0 aromatic heterocycles.